The van der Waals surface area contributed by atoms with Crippen LogP contribution in [-0.2, 0) is 9.53 Å². The summed E-state index contributed by atoms with van der Waals surface area (Å²) >= 11 is 10.6. The number of ether oxygens (including phenoxy) is 1. The quantitative estimate of drug-likeness (QED) is 0.395. The number of hydrogen-bond donors (Lipinski definition) is 0. The fourth-order valence-corrected chi connectivity index (χ4v) is 1.02. The average Bonchev–Trinajstić information content (AvgIpc) is 2.02. The Labute approximate surface area is 89.5 Å². The molecule has 4 heteroatoms. The van der Waals surface area contributed by atoms with Crippen LogP contribution in [0.2, 0.25) is 0 Å². The molecule has 0 bridgehead atoms. The molecule has 0 aliphatic carbocycles. The third-order valence-corrected chi connectivity index (χ3v) is 1.95. The number of alkyl halides is 2. The van der Waals surface area contributed by atoms with Crippen LogP contribution in [0.15, 0.2) is 0 Å². The minimum atomic E-state index is -1.05. The van der Waals surface area contributed by atoms with Crippen molar-refractivity contribution in [3.05, 3.63) is 0 Å². The Kier molecular flexibility index (Phi) is 7.48. The smallest absolute Gasteiger partial charge is 0.339 e. The van der Waals surface area contributed by atoms with E-state index in [9.17, 15) is 4.79 Å². The van der Waals surface area contributed by atoms with E-state index in [-0.39, 0.29) is 0 Å². The van der Waals surface area contributed by atoms with Gasteiger partial charge < -0.3 is 4.74 Å². The normalized spacial score (nSPS) is 10.9. The molecule has 0 saturated heterocycles. The van der Waals surface area contributed by atoms with Crippen molar-refractivity contribution in [3.63, 3.8) is 0 Å². The van der Waals surface area contributed by atoms with Crippen LogP contribution in [0, 0.1) is 5.92 Å². The molecule has 0 aliphatic heterocycles. The van der Waals surface area contributed by atoms with Gasteiger partial charge in [0, 0.05) is 0 Å². The summed E-state index contributed by atoms with van der Waals surface area (Å²) in [5, 5.41) is 0. The first-order valence-corrected chi connectivity index (χ1v) is 5.36. The standard InChI is InChI=1S/C9H16Cl2O2/c1-7(2)5-3-4-6-13-9(12)8(10)11/h7-8H,3-6H2,1-2H3. The molecule has 0 spiro atoms. The van der Waals surface area contributed by atoms with Gasteiger partial charge in [0.15, 0.2) is 0 Å². The molecule has 0 aromatic carbocycles. The van der Waals surface area contributed by atoms with Crippen LogP contribution in [-0.4, -0.2) is 17.4 Å². The largest absolute Gasteiger partial charge is 0.464 e. The van der Waals surface area contributed by atoms with Gasteiger partial charge in [-0.3, -0.25) is 0 Å². The predicted molar refractivity (Wildman–Crippen MR) is 55.1 cm³/mol. The van der Waals surface area contributed by atoms with E-state index < -0.39 is 10.8 Å². The molecule has 2 nitrogen and oxygen atoms in total. The van der Waals surface area contributed by atoms with Gasteiger partial charge in [-0.05, 0) is 18.8 Å². The molecule has 0 rings (SSSR count). The zero-order valence-electron chi connectivity index (χ0n) is 8.06. The highest BCUT2D eigenvalue weighted by molar-refractivity contribution is 6.52. The van der Waals surface area contributed by atoms with Crippen LogP contribution in [0.25, 0.3) is 0 Å². The Morgan fingerprint density at radius 2 is 1.92 bits per heavy atom. The van der Waals surface area contributed by atoms with Crippen molar-refractivity contribution < 1.29 is 9.53 Å². The Morgan fingerprint density at radius 3 is 2.38 bits per heavy atom. The van der Waals surface area contributed by atoms with Gasteiger partial charge >= 0.3 is 5.97 Å². The van der Waals surface area contributed by atoms with Gasteiger partial charge in [0.2, 0.25) is 4.84 Å². The highest BCUT2D eigenvalue weighted by atomic mass is 35.5. The second-order valence-corrected chi connectivity index (χ2v) is 4.45. The topological polar surface area (TPSA) is 26.3 Å². The third kappa shape index (κ3) is 8.38. The molecule has 13 heavy (non-hydrogen) atoms. The van der Waals surface area contributed by atoms with Crippen molar-refractivity contribution in [1.29, 1.82) is 0 Å². The first-order chi connectivity index (χ1) is 6.04. The molecule has 0 atom stereocenters. The Morgan fingerprint density at radius 1 is 1.31 bits per heavy atom. The average molecular weight is 227 g/mol. The maximum Gasteiger partial charge on any atom is 0.339 e. The number of unbranched alkanes of at least 4 members (excludes halogenated alkanes) is 1. The molecule has 78 valence electrons. The van der Waals surface area contributed by atoms with Gasteiger partial charge in [0.25, 0.3) is 0 Å². The summed E-state index contributed by atoms with van der Waals surface area (Å²) in [5.74, 6) is 0.150. The SMILES string of the molecule is CC(C)CCCCOC(=O)C(Cl)Cl. The Balaban J connectivity index is 3.21. The summed E-state index contributed by atoms with van der Waals surface area (Å²) in [7, 11) is 0. The fourth-order valence-electron chi connectivity index (χ4n) is 0.890. The van der Waals surface area contributed by atoms with E-state index in [4.69, 9.17) is 27.9 Å². The van der Waals surface area contributed by atoms with Gasteiger partial charge in [-0.1, -0.05) is 43.5 Å². The van der Waals surface area contributed by atoms with Crippen molar-refractivity contribution >= 4 is 29.2 Å². The first-order valence-electron chi connectivity index (χ1n) is 4.48. The molecule has 0 aromatic heterocycles. The zero-order valence-corrected chi connectivity index (χ0v) is 9.57. The maximum atomic E-state index is 10.8. The molecular formula is C9H16Cl2O2. The lowest BCUT2D eigenvalue weighted by atomic mass is 10.1. The van der Waals surface area contributed by atoms with Crippen LogP contribution in [0.3, 0.4) is 0 Å². The lowest BCUT2D eigenvalue weighted by Gasteiger charge is -2.06. The van der Waals surface area contributed by atoms with Crippen LogP contribution >= 0.6 is 23.2 Å². The van der Waals surface area contributed by atoms with Crippen LogP contribution in [0.5, 0.6) is 0 Å². The number of esters is 1. The van der Waals surface area contributed by atoms with Gasteiger partial charge in [-0.2, -0.15) is 0 Å². The molecule has 0 radical (unpaired) electrons. The predicted octanol–water partition coefficient (Wildman–Crippen LogP) is 3.16. The minimum Gasteiger partial charge on any atom is -0.464 e. The summed E-state index contributed by atoms with van der Waals surface area (Å²) in [6.07, 6.45) is 3.10. The van der Waals surface area contributed by atoms with E-state index in [0.29, 0.717) is 12.5 Å². The highest BCUT2D eigenvalue weighted by Crippen LogP contribution is 2.08. The Bertz CT molecular complexity index is 147. The lowest BCUT2D eigenvalue weighted by Crippen LogP contribution is -2.13. The van der Waals surface area contributed by atoms with Crippen molar-refractivity contribution in [2.24, 2.45) is 5.92 Å². The molecule has 0 amide bonds. The van der Waals surface area contributed by atoms with Crippen LogP contribution in [0.1, 0.15) is 33.1 Å². The van der Waals surface area contributed by atoms with E-state index >= 15 is 0 Å². The second-order valence-electron chi connectivity index (χ2n) is 3.36. The summed E-state index contributed by atoms with van der Waals surface area (Å²) in [5.41, 5.74) is 0. The van der Waals surface area contributed by atoms with Crippen LogP contribution in [0.4, 0.5) is 0 Å². The van der Waals surface area contributed by atoms with Crippen LogP contribution < -0.4 is 0 Å². The first kappa shape index (κ1) is 13.1. The maximum absolute atomic E-state index is 10.8. The highest BCUT2D eigenvalue weighted by Gasteiger charge is 2.11. The molecular weight excluding hydrogens is 211 g/mol. The van der Waals surface area contributed by atoms with Crippen molar-refractivity contribution in [2.75, 3.05) is 6.61 Å². The minimum absolute atomic E-state index is 0.418. The summed E-state index contributed by atoms with van der Waals surface area (Å²) < 4.78 is 4.78. The van der Waals surface area contributed by atoms with Crippen molar-refractivity contribution in [3.8, 4) is 0 Å². The number of carbonyl (C=O) groups excluding carboxylic acids is 1. The number of halogens is 2. The summed E-state index contributed by atoms with van der Waals surface area (Å²) in [4.78, 5) is 9.70. The second kappa shape index (κ2) is 7.45. The van der Waals surface area contributed by atoms with Crippen molar-refractivity contribution in [1.82, 2.24) is 0 Å². The number of hydrogen-bond acceptors (Lipinski definition) is 2. The van der Waals surface area contributed by atoms with E-state index in [2.05, 4.69) is 13.8 Å². The number of rotatable bonds is 6. The van der Waals surface area contributed by atoms with Crippen molar-refractivity contribution in [2.45, 2.75) is 37.9 Å². The van der Waals surface area contributed by atoms with Gasteiger partial charge in [0.1, 0.15) is 0 Å². The van der Waals surface area contributed by atoms with E-state index in [0.717, 1.165) is 19.3 Å². The zero-order chi connectivity index (χ0) is 10.3. The van der Waals surface area contributed by atoms with E-state index in [1.165, 1.54) is 0 Å². The monoisotopic (exact) mass is 226 g/mol. The van der Waals surface area contributed by atoms with E-state index in [1.807, 2.05) is 0 Å². The molecule has 0 aliphatic rings. The molecule has 0 unspecified atom stereocenters. The third-order valence-electron chi connectivity index (χ3n) is 1.60. The molecule has 0 saturated carbocycles. The van der Waals surface area contributed by atoms with E-state index in [1.54, 1.807) is 0 Å². The molecule has 0 heterocycles. The van der Waals surface area contributed by atoms with Gasteiger partial charge in [0.05, 0.1) is 6.61 Å². The fraction of sp³-hybridized carbons (Fsp3) is 0.889. The summed E-state index contributed by atoms with van der Waals surface area (Å²) in [6, 6.07) is 0. The molecule has 0 fully saturated rings. The molecule has 0 N–H and O–H groups in total. The van der Waals surface area contributed by atoms with Gasteiger partial charge in [-0.15, -0.1) is 0 Å². The van der Waals surface area contributed by atoms with Gasteiger partial charge in [-0.25, -0.2) is 4.79 Å². The lowest BCUT2D eigenvalue weighted by molar-refractivity contribution is -0.141. The summed E-state index contributed by atoms with van der Waals surface area (Å²) in [6.45, 7) is 4.75. The Hall–Kier alpha value is 0.0500. The number of carbonyl (C=O) groups is 1. The molecule has 0 aromatic rings.